The Labute approximate surface area is 108 Å². The van der Waals surface area contributed by atoms with Crippen molar-refractivity contribution in [2.45, 2.75) is 53.1 Å². The molecule has 104 valence electrons. The Balaban J connectivity index is 4.68. The van der Waals surface area contributed by atoms with Gasteiger partial charge in [-0.1, -0.05) is 0 Å². The third-order valence-corrected chi connectivity index (χ3v) is 2.05. The smallest absolute Gasteiger partial charge is 0.320 e. The first-order chi connectivity index (χ1) is 8.17. The van der Waals surface area contributed by atoms with E-state index >= 15 is 0 Å². The van der Waals surface area contributed by atoms with Crippen LogP contribution in [0.4, 0.5) is 0 Å². The molecule has 0 heterocycles. The van der Waals surface area contributed by atoms with Crippen LogP contribution in [0, 0.1) is 5.92 Å². The van der Waals surface area contributed by atoms with Gasteiger partial charge in [0.15, 0.2) is 5.92 Å². The second-order valence-corrected chi connectivity index (χ2v) is 5.08. The van der Waals surface area contributed by atoms with Gasteiger partial charge in [-0.25, -0.2) is 0 Å². The molecule has 5 nitrogen and oxygen atoms in total. The summed E-state index contributed by atoms with van der Waals surface area (Å²) >= 11 is 0. The molecular formula is C13H22O5. The second kappa shape index (κ2) is 7.13. The number of ketones is 1. The first-order valence-corrected chi connectivity index (χ1v) is 6.06. The minimum Gasteiger partial charge on any atom is -0.465 e. The quantitative estimate of drug-likeness (QED) is 0.537. The number of Topliss-reactive ketones (excluding diaryl/α,β-unsaturated/α-hetero) is 1. The van der Waals surface area contributed by atoms with Gasteiger partial charge in [0, 0.05) is 6.42 Å². The molecule has 0 bridgehead atoms. The zero-order chi connectivity index (χ0) is 14.3. The van der Waals surface area contributed by atoms with Crippen molar-refractivity contribution in [1.82, 2.24) is 0 Å². The first kappa shape index (κ1) is 16.6. The van der Waals surface area contributed by atoms with Crippen molar-refractivity contribution < 1.29 is 23.9 Å². The Morgan fingerprint density at radius 2 is 1.67 bits per heavy atom. The number of hydrogen-bond donors (Lipinski definition) is 0. The van der Waals surface area contributed by atoms with Crippen LogP contribution in [-0.2, 0) is 23.9 Å². The van der Waals surface area contributed by atoms with E-state index in [2.05, 4.69) is 0 Å². The molecule has 5 heteroatoms. The molecule has 0 aliphatic heterocycles. The van der Waals surface area contributed by atoms with E-state index in [1.807, 2.05) is 0 Å². The highest BCUT2D eigenvalue weighted by Gasteiger charge is 2.32. The van der Waals surface area contributed by atoms with Gasteiger partial charge in [0.05, 0.1) is 6.61 Å². The fourth-order valence-electron chi connectivity index (χ4n) is 1.30. The predicted octanol–water partition coefficient (Wildman–Crippen LogP) is 1.88. The van der Waals surface area contributed by atoms with E-state index in [0.29, 0.717) is 0 Å². The van der Waals surface area contributed by atoms with Crippen molar-refractivity contribution in [2.75, 3.05) is 6.61 Å². The van der Waals surface area contributed by atoms with Crippen LogP contribution in [0.1, 0.15) is 47.5 Å². The van der Waals surface area contributed by atoms with Gasteiger partial charge in [-0.05, 0) is 41.0 Å². The molecule has 0 rings (SSSR count). The van der Waals surface area contributed by atoms with Crippen molar-refractivity contribution in [3.8, 4) is 0 Å². The van der Waals surface area contributed by atoms with E-state index in [1.165, 1.54) is 6.92 Å². The number of ether oxygens (including phenoxy) is 2. The summed E-state index contributed by atoms with van der Waals surface area (Å²) in [5.41, 5.74) is -0.669. The highest BCUT2D eigenvalue weighted by molar-refractivity contribution is 5.95. The average Bonchev–Trinajstić information content (AvgIpc) is 2.14. The van der Waals surface area contributed by atoms with Crippen molar-refractivity contribution in [3.05, 3.63) is 0 Å². The molecule has 1 unspecified atom stereocenters. The number of carbonyl (C=O) groups excluding carboxylic acids is 3. The maximum atomic E-state index is 11.9. The van der Waals surface area contributed by atoms with Crippen LogP contribution < -0.4 is 0 Å². The summed E-state index contributed by atoms with van der Waals surface area (Å²) in [7, 11) is 0. The normalized spacial score (nSPS) is 12.7. The van der Waals surface area contributed by atoms with Gasteiger partial charge < -0.3 is 14.3 Å². The standard InChI is InChI=1S/C13H22O5/c1-6-17-11(15)10(8-7-9(2)14)12(16)18-13(3,4)5/h10H,6-8H2,1-5H3. The topological polar surface area (TPSA) is 69.7 Å². The lowest BCUT2D eigenvalue weighted by molar-refractivity contribution is -0.169. The average molecular weight is 258 g/mol. The summed E-state index contributed by atoms with van der Waals surface area (Å²) in [4.78, 5) is 34.4. The Morgan fingerprint density at radius 3 is 2.06 bits per heavy atom. The van der Waals surface area contributed by atoms with Crippen molar-refractivity contribution in [1.29, 1.82) is 0 Å². The highest BCUT2D eigenvalue weighted by Crippen LogP contribution is 2.17. The summed E-state index contributed by atoms with van der Waals surface area (Å²) < 4.78 is 9.97. The van der Waals surface area contributed by atoms with Gasteiger partial charge in [0.1, 0.15) is 11.4 Å². The van der Waals surface area contributed by atoms with E-state index in [-0.39, 0.29) is 25.2 Å². The lowest BCUT2D eigenvalue weighted by atomic mass is 10.0. The number of carbonyl (C=O) groups is 3. The van der Waals surface area contributed by atoms with Gasteiger partial charge >= 0.3 is 11.9 Å². The maximum Gasteiger partial charge on any atom is 0.320 e. The Kier molecular flexibility index (Phi) is 6.58. The third kappa shape index (κ3) is 7.04. The van der Waals surface area contributed by atoms with Crippen LogP contribution in [-0.4, -0.2) is 29.9 Å². The van der Waals surface area contributed by atoms with E-state index < -0.39 is 23.5 Å². The fraction of sp³-hybridized carbons (Fsp3) is 0.769. The van der Waals surface area contributed by atoms with Crippen LogP contribution in [0.15, 0.2) is 0 Å². The lowest BCUT2D eigenvalue weighted by Gasteiger charge is -2.22. The van der Waals surface area contributed by atoms with E-state index in [4.69, 9.17) is 9.47 Å². The lowest BCUT2D eigenvalue weighted by Crippen LogP contribution is -2.34. The van der Waals surface area contributed by atoms with E-state index in [9.17, 15) is 14.4 Å². The molecule has 0 aromatic heterocycles. The second-order valence-electron chi connectivity index (χ2n) is 5.08. The molecule has 0 radical (unpaired) electrons. The molecule has 0 saturated heterocycles. The van der Waals surface area contributed by atoms with Crippen molar-refractivity contribution in [2.24, 2.45) is 5.92 Å². The van der Waals surface area contributed by atoms with Gasteiger partial charge in [-0.15, -0.1) is 0 Å². The van der Waals surface area contributed by atoms with Gasteiger partial charge in [0.2, 0.25) is 0 Å². The molecule has 0 aliphatic carbocycles. The predicted molar refractivity (Wildman–Crippen MR) is 65.9 cm³/mol. The third-order valence-electron chi connectivity index (χ3n) is 2.05. The zero-order valence-electron chi connectivity index (χ0n) is 11.7. The van der Waals surface area contributed by atoms with Crippen molar-refractivity contribution >= 4 is 17.7 Å². The molecule has 0 aliphatic rings. The zero-order valence-corrected chi connectivity index (χ0v) is 11.7. The Bertz CT molecular complexity index is 314. The largest absolute Gasteiger partial charge is 0.465 e. The molecule has 0 aromatic rings. The molecule has 18 heavy (non-hydrogen) atoms. The van der Waals surface area contributed by atoms with E-state index in [1.54, 1.807) is 27.7 Å². The van der Waals surface area contributed by atoms with Crippen LogP contribution in [0.3, 0.4) is 0 Å². The summed E-state index contributed by atoms with van der Waals surface area (Å²) in [5, 5.41) is 0. The summed E-state index contributed by atoms with van der Waals surface area (Å²) in [5.74, 6) is -2.36. The molecule has 0 spiro atoms. The monoisotopic (exact) mass is 258 g/mol. The minimum atomic E-state index is -1.02. The molecule has 0 fully saturated rings. The molecule has 0 aromatic carbocycles. The molecule has 0 saturated carbocycles. The van der Waals surface area contributed by atoms with Gasteiger partial charge in [0.25, 0.3) is 0 Å². The van der Waals surface area contributed by atoms with Crippen LogP contribution >= 0.6 is 0 Å². The van der Waals surface area contributed by atoms with Crippen LogP contribution in [0.25, 0.3) is 0 Å². The first-order valence-electron chi connectivity index (χ1n) is 6.06. The fourth-order valence-corrected chi connectivity index (χ4v) is 1.30. The van der Waals surface area contributed by atoms with Crippen LogP contribution in [0.2, 0.25) is 0 Å². The highest BCUT2D eigenvalue weighted by atomic mass is 16.6. The maximum absolute atomic E-state index is 11.9. The molecular weight excluding hydrogens is 236 g/mol. The summed E-state index contributed by atoms with van der Waals surface area (Å²) in [6.07, 6.45) is 0.284. The Hall–Kier alpha value is -1.39. The van der Waals surface area contributed by atoms with Crippen molar-refractivity contribution in [3.63, 3.8) is 0 Å². The number of rotatable bonds is 6. The molecule has 1 atom stereocenters. The van der Waals surface area contributed by atoms with Gasteiger partial charge in [-0.3, -0.25) is 9.59 Å². The molecule has 0 amide bonds. The summed E-state index contributed by atoms with van der Waals surface area (Å²) in [6, 6.07) is 0. The van der Waals surface area contributed by atoms with Crippen LogP contribution in [0.5, 0.6) is 0 Å². The van der Waals surface area contributed by atoms with E-state index in [0.717, 1.165) is 0 Å². The SMILES string of the molecule is CCOC(=O)C(CCC(C)=O)C(=O)OC(C)(C)C. The number of hydrogen-bond acceptors (Lipinski definition) is 5. The number of esters is 2. The Morgan fingerprint density at radius 1 is 1.11 bits per heavy atom. The molecule has 0 N–H and O–H groups in total. The summed E-state index contributed by atoms with van der Waals surface area (Å²) in [6.45, 7) is 8.43. The minimum absolute atomic E-state index is 0.0761. The van der Waals surface area contributed by atoms with Gasteiger partial charge in [-0.2, -0.15) is 0 Å².